The van der Waals surface area contributed by atoms with Crippen LogP contribution in [0.4, 0.5) is 0 Å². The molecule has 0 radical (unpaired) electrons. The second-order valence-electron chi connectivity index (χ2n) is 3.52. The predicted molar refractivity (Wildman–Crippen MR) is 65.5 cm³/mol. The summed E-state index contributed by atoms with van der Waals surface area (Å²) in [6.07, 6.45) is 0.917. The predicted octanol–water partition coefficient (Wildman–Crippen LogP) is 1.67. The lowest BCUT2D eigenvalue weighted by atomic mass is 10.3. The summed E-state index contributed by atoms with van der Waals surface area (Å²) < 4.78 is 0. The highest BCUT2D eigenvalue weighted by Crippen LogP contribution is 2.21. The van der Waals surface area contributed by atoms with Crippen LogP contribution in [0.1, 0.15) is 10.7 Å². The fourth-order valence-electron chi connectivity index (χ4n) is 1.35. The number of likely N-dealkylation sites (N-methyl/N-ethyl adjacent to an activating group) is 1. The molecule has 0 unspecified atom stereocenters. The van der Waals surface area contributed by atoms with Gasteiger partial charge in [-0.05, 0) is 26.1 Å². The van der Waals surface area contributed by atoms with E-state index >= 15 is 0 Å². The molecule has 84 valence electrons. The first-order chi connectivity index (χ1) is 7.79. The van der Waals surface area contributed by atoms with Crippen LogP contribution < -0.4 is 5.32 Å². The van der Waals surface area contributed by atoms with Crippen molar-refractivity contribution in [3.63, 3.8) is 0 Å². The summed E-state index contributed by atoms with van der Waals surface area (Å²) in [7, 11) is 1.93. The molecule has 16 heavy (non-hydrogen) atoms. The van der Waals surface area contributed by atoms with Crippen LogP contribution in [0.5, 0.6) is 0 Å². The van der Waals surface area contributed by atoms with Gasteiger partial charge in [-0.2, -0.15) is 0 Å². The largest absolute Gasteiger partial charge is 0.319 e. The Bertz CT molecular complexity index is 467. The van der Waals surface area contributed by atoms with Crippen molar-refractivity contribution in [2.45, 2.75) is 13.3 Å². The fourth-order valence-corrected chi connectivity index (χ4v) is 2.16. The maximum Gasteiger partial charge on any atom is 0.166 e. The maximum atomic E-state index is 4.43. The van der Waals surface area contributed by atoms with E-state index in [9.17, 15) is 0 Å². The molecule has 2 aromatic heterocycles. The number of pyridine rings is 1. The molecule has 0 aliphatic rings. The fraction of sp³-hybridized carbons (Fsp3) is 0.364. The van der Waals surface area contributed by atoms with E-state index in [0.717, 1.165) is 34.4 Å². The molecule has 1 N–H and O–H groups in total. The Morgan fingerprint density at radius 2 is 2.19 bits per heavy atom. The Labute approximate surface area is 98.8 Å². The third-order valence-corrected chi connectivity index (χ3v) is 3.17. The van der Waals surface area contributed by atoms with E-state index in [1.54, 1.807) is 11.3 Å². The zero-order valence-corrected chi connectivity index (χ0v) is 10.2. The average molecular weight is 234 g/mol. The van der Waals surface area contributed by atoms with Gasteiger partial charge in [0.1, 0.15) is 10.7 Å². The highest BCUT2D eigenvalue weighted by molar-refractivity contribution is 7.14. The summed E-state index contributed by atoms with van der Waals surface area (Å²) in [6.45, 7) is 2.91. The summed E-state index contributed by atoms with van der Waals surface area (Å²) in [6, 6.07) is 5.94. The summed E-state index contributed by atoms with van der Waals surface area (Å²) in [4.78, 5) is 4.43. The van der Waals surface area contributed by atoms with Crippen LogP contribution >= 0.6 is 11.3 Å². The number of hydrogen-bond donors (Lipinski definition) is 1. The first-order valence-electron chi connectivity index (χ1n) is 5.20. The van der Waals surface area contributed by atoms with Crippen LogP contribution in [0.3, 0.4) is 0 Å². The van der Waals surface area contributed by atoms with E-state index in [-0.39, 0.29) is 0 Å². The molecule has 0 aromatic carbocycles. The van der Waals surface area contributed by atoms with E-state index in [4.69, 9.17) is 0 Å². The number of nitrogens with one attached hydrogen (secondary N) is 1. The molecule has 0 aliphatic heterocycles. The normalized spacial score (nSPS) is 10.6. The monoisotopic (exact) mass is 234 g/mol. The van der Waals surface area contributed by atoms with Crippen molar-refractivity contribution in [1.82, 2.24) is 20.5 Å². The molecule has 0 saturated carbocycles. The lowest BCUT2D eigenvalue weighted by Crippen LogP contribution is -2.09. The van der Waals surface area contributed by atoms with E-state index in [1.165, 1.54) is 0 Å². The van der Waals surface area contributed by atoms with Gasteiger partial charge in [-0.15, -0.1) is 10.2 Å². The van der Waals surface area contributed by atoms with Crippen molar-refractivity contribution >= 4 is 11.3 Å². The minimum absolute atomic E-state index is 0.898. The number of rotatable bonds is 4. The molecular weight excluding hydrogens is 220 g/mol. The molecule has 4 nitrogen and oxygen atoms in total. The van der Waals surface area contributed by atoms with E-state index in [2.05, 4.69) is 20.5 Å². The number of nitrogens with zero attached hydrogens (tertiary/aromatic N) is 3. The Kier molecular flexibility index (Phi) is 3.58. The van der Waals surface area contributed by atoms with Gasteiger partial charge < -0.3 is 5.32 Å². The van der Waals surface area contributed by atoms with Crippen molar-refractivity contribution in [3.05, 3.63) is 28.9 Å². The minimum atomic E-state index is 0.898. The lowest BCUT2D eigenvalue weighted by molar-refractivity contribution is 0.779. The van der Waals surface area contributed by atoms with Gasteiger partial charge in [-0.1, -0.05) is 17.4 Å². The smallest absolute Gasteiger partial charge is 0.166 e. The molecule has 5 heteroatoms. The topological polar surface area (TPSA) is 50.7 Å². The Morgan fingerprint density at radius 3 is 2.94 bits per heavy atom. The van der Waals surface area contributed by atoms with Gasteiger partial charge in [-0.25, -0.2) is 0 Å². The van der Waals surface area contributed by atoms with Crippen LogP contribution in [0.15, 0.2) is 18.2 Å². The van der Waals surface area contributed by atoms with Gasteiger partial charge in [0.15, 0.2) is 5.01 Å². The summed E-state index contributed by atoms with van der Waals surface area (Å²) in [5.74, 6) is 0. The van der Waals surface area contributed by atoms with E-state index in [0.29, 0.717) is 0 Å². The molecule has 0 saturated heterocycles. The van der Waals surface area contributed by atoms with Crippen molar-refractivity contribution in [2.75, 3.05) is 13.6 Å². The quantitative estimate of drug-likeness (QED) is 0.874. The molecule has 2 rings (SSSR count). The summed E-state index contributed by atoms with van der Waals surface area (Å²) in [5.41, 5.74) is 1.91. The Morgan fingerprint density at radius 1 is 1.31 bits per heavy atom. The number of aryl methyl sites for hydroxylation is 1. The van der Waals surface area contributed by atoms with Crippen LogP contribution in [0, 0.1) is 6.92 Å². The van der Waals surface area contributed by atoms with Crippen molar-refractivity contribution < 1.29 is 0 Å². The number of hydrogen-bond acceptors (Lipinski definition) is 5. The zero-order valence-electron chi connectivity index (χ0n) is 9.40. The third kappa shape index (κ3) is 2.62. The molecule has 2 aromatic rings. The summed E-state index contributed by atoms with van der Waals surface area (Å²) >= 11 is 1.61. The second-order valence-corrected chi connectivity index (χ2v) is 4.58. The van der Waals surface area contributed by atoms with E-state index < -0.39 is 0 Å². The standard InChI is InChI=1S/C11H14N4S/c1-8-4-3-5-9(13-8)11-15-14-10(16-11)6-7-12-2/h3-5,12H,6-7H2,1-2H3. The van der Waals surface area contributed by atoms with Crippen LogP contribution in [-0.4, -0.2) is 28.8 Å². The third-order valence-electron chi connectivity index (χ3n) is 2.16. The molecule has 0 bridgehead atoms. The van der Waals surface area contributed by atoms with Crippen molar-refractivity contribution in [2.24, 2.45) is 0 Å². The molecule has 0 atom stereocenters. The first-order valence-corrected chi connectivity index (χ1v) is 6.02. The van der Waals surface area contributed by atoms with Gasteiger partial charge in [0, 0.05) is 18.7 Å². The number of aromatic nitrogens is 3. The molecule has 0 amide bonds. The average Bonchev–Trinajstić information content (AvgIpc) is 2.75. The van der Waals surface area contributed by atoms with Crippen molar-refractivity contribution in [3.8, 4) is 10.7 Å². The Hall–Kier alpha value is -1.33. The highest BCUT2D eigenvalue weighted by Gasteiger charge is 2.07. The Balaban J connectivity index is 2.18. The summed E-state index contributed by atoms with van der Waals surface area (Å²) in [5, 5.41) is 13.4. The van der Waals surface area contributed by atoms with Crippen LogP contribution in [0.2, 0.25) is 0 Å². The lowest BCUT2D eigenvalue weighted by Gasteiger charge is -1.95. The minimum Gasteiger partial charge on any atom is -0.319 e. The van der Waals surface area contributed by atoms with Gasteiger partial charge in [0.2, 0.25) is 0 Å². The SMILES string of the molecule is CNCCc1nnc(-c2cccc(C)n2)s1. The van der Waals surface area contributed by atoms with Gasteiger partial charge >= 0.3 is 0 Å². The van der Waals surface area contributed by atoms with Gasteiger partial charge in [0.05, 0.1) is 0 Å². The van der Waals surface area contributed by atoms with Gasteiger partial charge in [-0.3, -0.25) is 4.98 Å². The zero-order chi connectivity index (χ0) is 11.4. The first kappa shape index (κ1) is 11.2. The molecule has 0 aliphatic carbocycles. The van der Waals surface area contributed by atoms with Crippen molar-refractivity contribution in [1.29, 1.82) is 0 Å². The maximum absolute atomic E-state index is 4.43. The van der Waals surface area contributed by atoms with Gasteiger partial charge in [0.25, 0.3) is 0 Å². The molecular formula is C11H14N4S. The van der Waals surface area contributed by atoms with E-state index in [1.807, 2.05) is 32.2 Å². The highest BCUT2D eigenvalue weighted by atomic mass is 32.1. The second kappa shape index (κ2) is 5.14. The molecule has 0 spiro atoms. The molecule has 2 heterocycles. The van der Waals surface area contributed by atoms with Crippen LogP contribution in [0.25, 0.3) is 10.7 Å². The van der Waals surface area contributed by atoms with Crippen LogP contribution in [-0.2, 0) is 6.42 Å². The molecule has 0 fully saturated rings.